The van der Waals surface area contributed by atoms with E-state index < -0.39 is 0 Å². The van der Waals surface area contributed by atoms with E-state index in [0.29, 0.717) is 24.3 Å². The molecule has 1 aliphatic rings. The van der Waals surface area contributed by atoms with Gasteiger partial charge >= 0.3 is 0 Å². The lowest BCUT2D eigenvalue weighted by molar-refractivity contribution is -0.123. The molecule has 5 nitrogen and oxygen atoms in total. The number of hydrogen-bond acceptors (Lipinski definition) is 4. The molecule has 1 saturated heterocycles. The quantitative estimate of drug-likeness (QED) is 0.735. The fourth-order valence-corrected chi connectivity index (χ4v) is 3.07. The number of nitrogens with zero attached hydrogens (tertiary/aromatic N) is 1. The molecule has 1 heterocycles. The average molecular weight is 346 g/mol. The molecular weight excluding hydrogens is 316 g/mol. The van der Waals surface area contributed by atoms with E-state index >= 15 is 0 Å². The topological polar surface area (TPSA) is 58.6 Å². The smallest absolute Gasteiger partial charge is 0.258 e. The minimum atomic E-state index is -0.126. The summed E-state index contributed by atoms with van der Waals surface area (Å²) in [6, 6.07) is 6.93. The summed E-state index contributed by atoms with van der Waals surface area (Å²) in [4.78, 5) is 26.1. The summed E-state index contributed by atoms with van der Waals surface area (Å²) in [5.41, 5.74) is 0.626. The summed E-state index contributed by atoms with van der Waals surface area (Å²) in [6.45, 7) is 8.97. The molecule has 0 spiro atoms. The Kier molecular flexibility index (Phi) is 7.00. The summed E-state index contributed by atoms with van der Waals surface area (Å²) < 4.78 is 5.51. The normalized spacial score (nSPS) is 15.6. The lowest BCUT2D eigenvalue weighted by Gasteiger charge is -2.41. The zero-order valence-electron chi connectivity index (χ0n) is 15.6. The second-order valence-electron chi connectivity index (χ2n) is 7.23. The maximum atomic E-state index is 12.1. The predicted octanol–water partition coefficient (Wildman–Crippen LogP) is 3.04. The van der Waals surface area contributed by atoms with Crippen LogP contribution in [0.1, 0.15) is 56.8 Å². The van der Waals surface area contributed by atoms with Crippen molar-refractivity contribution in [3.63, 3.8) is 0 Å². The van der Waals surface area contributed by atoms with Crippen molar-refractivity contribution in [2.45, 2.75) is 52.0 Å². The Bertz CT molecular complexity index is 575. The van der Waals surface area contributed by atoms with Crippen molar-refractivity contribution in [2.24, 2.45) is 0 Å². The molecule has 5 heteroatoms. The van der Waals surface area contributed by atoms with Crippen LogP contribution in [0, 0.1) is 0 Å². The molecule has 2 rings (SSSR count). The van der Waals surface area contributed by atoms with Gasteiger partial charge in [0.25, 0.3) is 5.91 Å². The molecule has 138 valence electrons. The van der Waals surface area contributed by atoms with Crippen LogP contribution < -0.4 is 10.1 Å². The Morgan fingerprint density at radius 3 is 2.36 bits per heavy atom. The molecule has 0 radical (unpaired) electrons. The molecule has 0 aliphatic carbocycles. The van der Waals surface area contributed by atoms with Gasteiger partial charge in [0, 0.05) is 24.1 Å². The second kappa shape index (κ2) is 8.99. The summed E-state index contributed by atoms with van der Waals surface area (Å²) in [7, 11) is 0. The fourth-order valence-electron chi connectivity index (χ4n) is 3.07. The lowest BCUT2D eigenvalue weighted by atomic mass is 9.98. The third kappa shape index (κ3) is 5.85. The third-order valence-electron chi connectivity index (χ3n) is 4.80. The first-order valence-electron chi connectivity index (χ1n) is 9.20. The van der Waals surface area contributed by atoms with Crippen LogP contribution in [0.2, 0.25) is 0 Å². The number of hydrogen-bond donors (Lipinski definition) is 1. The van der Waals surface area contributed by atoms with Gasteiger partial charge in [-0.2, -0.15) is 0 Å². The molecule has 1 N–H and O–H groups in total. The van der Waals surface area contributed by atoms with Gasteiger partial charge in [0.05, 0.1) is 0 Å². The first-order chi connectivity index (χ1) is 11.9. The van der Waals surface area contributed by atoms with Gasteiger partial charge in [0.1, 0.15) is 5.75 Å². The van der Waals surface area contributed by atoms with Crippen LogP contribution in [0.5, 0.6) is 5.75 Å². The van der Waals surface area contributed by atoms with Crippen molar-refractivity contribution in [1.82, 2.24) is 10.2 Å². The van der Waals surface area contributed by atoms with Crippen LogP contribution in [-0.4, -0.2) is 48.4 Å². The molecule has 1 aromatic carbocycles. The maximum Gasteiger partial charge on any atom is 0.258 e. The monoisotopic (exact) mass is 346 g/mol. The number of amides is 1. The van der Waals surface area contributed by atoms with Crippen LogP contribution in [0.15, 0.2) is 24.3 Å². The Morgan fingerprint density at radius 1 is 1.12 bits per heavy atom. The van der Waals surface area contributed by atoms with Gasteiger partial charge in [-0.3, -0.25) is 14.5 Å². The number of piperidine rings is 1. The molecule has 0 unspecified atom stereocenters. The van der Waals surface area contributed by atoms with Crippen LogP contribution in [0.3, 0.4) is 0 Å². The van der Waals surface area contributed by atoms with Gasteiger partial charge in [-0.25, -0.2) is 0 Å². The number of carbonyl (C=O) groups excluding carboxylic acids is 2. The van der Waals surface area contributed by atoms with Crippen molar-refractivity contribution < 1.29 is 14.3 Å². The van der Waals surface area contributed by atoms with Gasteiger partial charge < -0.3 is 10.1 Å². The minimum absolute atomic E-state index is 0.0167. The molecule has 1 fully saturated rings. The van der Waals surface area contributed by atoms with Crippen molar-refractivity contribution in [3.8, 4) is 5.75 Å². The summed E-state index contributed by atoms with van der Waals surface area (Å²) >= 11 is 0. The number of ketones is 1. The zero-order valence-corrected chi connectivity index (χ0v) is 15.6. The maximum absolute atomic E-state index is 12.1. The van der Waals surface area contributed by atoms with E-state index in [4.69, 9.17) is 4.74 Å². The highest BCUT2D eigenvalue weighted by Gasteiger charge is 2.28. The summed E-state index contributed by atoms with van der Waals surface area (Å²) in [5.74, 6) is 0.570. The number of nitrogens with one attached hydrogen (secondary N) is 1. The molecule has 0 bridgehead atoms. The van der Waals surface area contributed by atoms with Gasteiger partial charge in [-0.05, 0) is 64.0 Å². The van der Waals surface area contributed by atoms with Gasteiger partial charge in [0.2, 0.25) is 0 Å². The summed E-state index contributed by atoms with van der Waals surface area (Å²) in [5, 5.41) is 2.97. The molecule has 1 amide bonds. The zero-order chi connectivity index (χ0) is 18.3. The molecule has 25 heavy (non-hydrogen) atoms. The predicted molar refractivity (Wildman–Crippen MR) is 99.1 cm³/mol. The largest absolute Gasteiger partial charge is 0.484 e. The number of benzene rings is 1. The van der Waals surface area contributed by atoms with Crippen molar-refractivity contribution >= 4 is 11.7 Å². The summed E-state index contributed by atoms with van der Waals surface area (Å²) in [6.07, 6.45) is 4.25. The Labute approximate surface area is 150 Å². The fraction of sp³-hybridized carbons (Fsp3) is 0.600. The van der Waals surface area contributed by atoms with E-state index in [2.05, 4.69) is 24.1 Å². The van der Waals surface area contributed by atoms with Crippen molar-refractivity contribution in [2.75, 3.05) is 26.2 Å². The van der Waals surface area contributed by atoms with Crippen molar-refractivity contribution in [3.05, 3.63) is 29.8 Å². The Hall–Kier alpha value is -1.88. The van der Waals surface area contributed by atoms with Crippen LogP contribution >= 0.6 is 0 Å². The number of carbonyl (C=O) groups is 2. The molecular formula is C20H30N2O3. The SMILES string of the molecule is CCC(=O)c1ccc(OCC(=O)NCC(C)(C)N2CCCCC2)cc1. The van der Waals surface area contributed by atoms with Crippen LogP contribution in [0.4, 0.5) is 0 Å². The molecule has 1 aromatic rings. The number of ether oxygens (including phenoxy) is 1. The van der Waals surface area contributed by atoms with Crippen LogP contribution in [-0.2, 0) is 4.79 Å². The Balaban J connectivity index is 1.75. The molecule has 0 atom stereocenters. The lowest BCUT2D eigenvalue weighted by Crippen LogP contribution is -2.53. The van der Waals surface area contributed by atoms with Gasteiger partial charge in [-0.1, -0.05) is 13.3 Å². The molecule has 0 saturated carbocycles. The number of likely N-dealkylation sites (tertiary alicyclic amines) is 1. The van der Waals surface area contributed by atoms with Gasteiger partial charge in [0.15, 0.2) is 12.4 Å². The highest BCUT2D eigenvalue weighted by Crippen LogP contribution is 2.19. The van der Waals surface area contributed by atoms with E-state index in [9.17, 15) is 9.59 Å². The van der Waals surface area contributed by atoms with Crippen LogP contribution in [0.25, 0.3) is 0 Å². The van der Waals surface area contributed by atoms with Crippen molar-refractivity contribution in [1.29, 1.82) is 0 Å². The second-order valence-corrected chi connectivity index (χ2v) is 7.23. The standard InChI is InChI=1S/C20H30N2O3/c1-4-18(23)16-8-10-17(11-9-16)25-14-19(24)21-15-20(2,3)22-12-6-5-7-13-22/h8-11H,4-7,12-15H2,1-3H3,(H,21,24). The Morgan fingerprint density at radius 2 is 1.76 bits per heavy atom. The first kappa shape index (κ1) is 19.4. The number of rotatable bonds is 8. The van der Waals surface area contributed by atoms with E-state index in [-0.39, 0.29) is 23.8 Å². The minimum Gasteiger partial charge on any atom is -0.484 e. The number of Topliss-reactive ketones (excluding diaryl/α,β-unsaturated/α-hetero) is 1. The first-order valence-corrected chi connectivity index (χ1v) is 9.20. The van der Waals surface area contributed by atoms with E-state index in [0.717, 1.165) is 13.1 Å². The molecule has 1 aliphatic heterocycles. The van der Waals surface area contributed by atoms with E-state index in [1.54, 1.807) is 24.3 Å². The highest BCUT2D eigenvalue weighted by atomic mass is 16.5. The van der Waals surface area contributed by atoms with E-state index in [1.807, 2.05) is 6.92 Å². The highest BCUT2D eigenvalue weighted by molar-refractivity contribution is 5.95. The third-order valence-corrected chi connectivity index (χ3v) is 4.80. The average Bonchev–Trinajstić information content (AvgIpc) is 2.65. The van der Waals surface area contributed by atoms with E-state index in [1.165, 1.54) is 19.3 Å². The van der Waals surface area contributed by atoms with Gasteiger partial charge in [-0.15, -0.1) is 0 Å². The molecule has 0 aromatic heterocycles.